The van der Waals surface area contributed by atoms with Crippen molar-refractivity contribution in [1.29, 1.82) is 0 Å². The van der Waals surface area contributed by atoms with E-state index in [1.807, 2.05) is 12.1 Å². The van der Waals surface area contributed by atoms with Gasteiger partial charge in [0.1, 0.15) is 18.1 Å². The van der Waals surface area contributed by atoms with E-state index in [0.717, 1.165) is 5.75 Å². The van der Waals surface area contributed by atoms with Crippen molar-refractivity contribution in [1.82, 2.24) is 5.32 Å². The summed E-state index contributed by atoms with van der Waals surface area (Å²) in [5.41, 5.74) is 0. The van der Waals surface area contributed by atoms with E-state index in [9.17, 15) is 4.79 Å². The standard InChI is InChI=1S/C18H19Cl2NO3/c19-14-7-9-15(10-8-14)23-12-3-6-18(22)21-11-13-24-17-5-2-1-4-16(17)20/h1-2,4-5,7-10H,3,6,11-13H2,(H,21,22). The summed E-state index contributed by atoms with van der Waals surface area (Å²) in [6.45, 7) is 1.28. The van der Waals surface area contributed by atoms with Crippen molar-refractivity contribution in [2.45, 2.75) is 12.8 Å². The summed E-state index contributed by atoms with van der Waals surface area (Å²) < 4.78 is 11.0. The zero-order valence-electron chi connectivity index (χ0n) is 13.1. The van der Waals surface area contributed by atoms with Crippen LogP contribution in [0.4, 0.5) is 0 Å². The number of benzene rings is 2. The van der Waals surface area contributed by atoms with Gasteiger partial charge in [0.05, 0.1) is 18.2 Å². The number of halogens is 2. The summed E-state index contributed by atoms with van der Waals surface area (Å²) in [4.78, 5) is 11.7. The molecule has 0 saturated heterocycles. The van der Waals surface area contributed by atoms with Crippen LogP contribution < -0.4 is 14.8 Å². The van der Waals surface area contributed by atoms with E-state index in [2.05, 4.69) is 5.32 Å². The normalized spacial score (nSPS) is 10.2. The number of rotatable bonds is 9. The molecule has 0 saturated carbocycles. The van der Waals surface area contributed by atoms with Gasteiger partial charge in [-0.25, -0.2) is 0 Å². The Morgan fingerprint density at radius 1 is 0.958 bits per heavy atom. The minimum Gasteiger partial charge on any atom is -0.494 e. The van der Waals surface area contributed by atoms with Crippen LogP contribution in [0.1, 0.15) is 12.8 Å². The van der Waals surface area contributed by atoms with Gasteiger partial charge in [-0.2, -0.15) is 0 Å². The van der Waals surface area contributed by atoms with Crippen molar-refractivity contribution in [3.63, 3.8) is 0 Å². The van der Waals surface area contributed by atoms with Crippen LogP contribution in [0.15, 0.2) is 48.5 Å². The third-order valence-corrected chi connectivity index (χ3v) is 3.71. The minimum absolute atomic E-state index is 0.0301. The number of nitrogens with one attached hydrogen (secondary N) is 1. The van der Waals surface area contributed by atoms with Gasteiger partial charge < -0.3 is 14.8 Å². The Labute approximate surface area is 151 Å². The maximum Gasteiger partial charge on any atom is 0.220 e. The largest absolute Gasteiger partial charge is 0.494 e. The second kappa shape index (κ2) is 10.1. The summed E-state index contributed by atoms with van der Waals surface area (Å²) in [6, 6.07) is 14.4. The molecule has 24 heavy (non-hydrogen) atoms. The van der Waals surface area contributed by atoms with Crippen molar-refractivity contribution >= 4 is 29.1 Å². The Hall–Kier alpha value is -1.91. The topological polar surface area (TPSA) is 47.6 Å². The summed E-state index contributed by atoms with van der Waals surface area (Å²) in [5, 5.41) is 4.02. The van der Waals surface area contributed by atoms with Gasteiger partial charge in [0.25, 0.3) is 0 Å². The number of carbonyl (C=O) groups excluding carboxylic acids is 1. The molecular weight excluding hydrogens is 349 g/mol. The Kier molecular flexibility index (Phi) is 7.72. The van der Waals surface area contributed by atoms with Crippen LogP contribution in [0.3, 0.4) is 0 Å². The van der Waals surface area contributed by atoms with Gasteiger partial charge in [-0.1, -0.05) is 35.3 Å². The number of ether oxygens (including phenoxy) is 2. The molecule has 2 aromatic carbocycles. The van der Waals surface area contributed by atoms with Gasteiger partial charge in [-0.15, -0.1) is 0 Å². The highest BCUT2D eigenvalue weighted by atomic mass is 35.5. The first-order valence-electron chi connectivity index (χ1n) is 7.67. The molecule has 128 valence electrons. The zero-order valence-corrected chi connectivity index (χ0v) is 14.6. The number of hydrogen-bond donors (Lipinski definition) is 1. The average Bonchev–Trinajstić information content (AvgIpc) is 2.58. The van der Waals surface area contributed by atoms with Crippen molar-refractivity contribution < 1.29 is 14.3 Å². The predicted molar refractivity (Wildman–Crippen MR) is 96.1 cm³/mol. The van der Waals surface area contributed by atoms with Gasteiger partial charge >= 0.3 is 0 Å². The second-order valence-electron chi connectivity index (χ2n) is 5.03. The van der Waals surface area contributed by atoms with Crippen molar-refractivity contribution in [3.05, 3.63) is 58.6 Å². The van der Waals surface area contributed by atoms with Gasteiger partial charge in [0, 0.05) is 11.4 Å². The lowest BCUT2D eigenvalue weighted by atomic mass is 10.3. The lowest BCUT2D eigenvalue weighted by Crippen LogP contribution is -2.28. The molecule has 2 rings (SSSR count). The number of para-hydroxylation sites is 1. The lowest BCUT2D eigenvalue weighted by molar-refractivity contribution is -0.121. The molecular formula is C18H19Cl2NO3. The third kappa shape index (κ3) is 6.69. The molecule has 0 aromatic heterocycles. The van der Waals surface area contributed by atoms with E-state index in [0.29, 0.717) is 48.4 Å². The van der Waals surface area contributed by atoms with E-state index in [1.54, 1.807) is 36.4 Å². The van der Waals surface area contributed by atoms with Gasteiger partial charge in [0.2, 0.25) is 5.91 Å². The van der Waals surface area contributed by atoms with E-state index >= 15 is 0 Å². The molecule has 2 aromatic rings. The molecule has 0 heterocycles. The van der Waals surface area contributed by atoms with Crippen LogP contribution in [-0.2, 0) is 4.79 Å². The fourth-order valence-electron chi connectivity index (χ4n) is 1.96. The predicted octanol–water partition coefficient (Wildman–Crippen LogP) is 4.35. The Balaban J connectivity index is 1.53. The molecule has 0 fully saturated rings. The molecule has 6 heteroatoms. The molecule has 0 unspecified atom stereocenters. The van der Waals surface area contributed by atoms with E-state index in [4.69, 9.17) is 32.7 Å². The monoisotopic (exact) mass is 367 g/mol. The maximum atomic E-state index is 11.7. The zero-order chi connectivity index (χ0) is 17.2. The van der Waals surface area contributed by atoms with Crippen LogP contribution in [0.2, 0.25) is 10.0 Å². The van der Waals surface area contributed by atoms with Crippen molar-refractivity contribution in [3.8, 4) is 11.5 Å². The molecule has 4 nitrogen and oxygen atoms in total. The SMILES string of the molecule is O=C(CCCOc1ccc(Cl)cc1)NCCOc1ccccc1Cl. The summed E-state index contributed by atoms with van der Waals surface area (Å²) >= 11 is 11.8. The first-order valence-corrected chi connectivity index (χ1v) is 8.43. The minimum atomic E-state index is -0.0301. The van der Waals surface area contributed by atoms with Crippen molar-refractivity contribution in [2.75, 3.05) is 19.8 Å². The van der Waals surface area contributed by atoms with Crippen LogP contribution in [0.5, 0.6) is 11.5 Å². The fraction of sp³-hybridized carbons (Fsp3) is 0.278. The highest BCUT2D eigenvalue weighted by Crippen LogP contribution is 2.22. The molecule has 0 aliphatic carbocycles. The van der Waals surface area contributed by atoms with Crippen LogP contribution in [-0.4, -0.2) is 25.7 Å². The summed E-state index contributed by atoms with van der Waals surface area (Å²) in [5.74, 6) is 1.33. The Morgan fingerprint density at radius 3 is 2.46 bits per heavy atom. The van der Waals surface area contributed by atoms with Gasteiger partial charge in [-0.05, 0) is 42.8 Å². The van der Waals surface area contributed by atoms with Crippen molar-refractivity contribution in [2.24, 2.45) is 0 Å². The number of amides is 1. The van der Waals surface area contributed by atoms with Crippen LogP contribution in [0, 0.1) is 0 Å². The summed E-state index contributed by atoms with van der Waals surface area (Å²) in [6.07, 6.45) is 1.04. The highest BCUT2D eigenvalue weighted by Gasteiger charge is 2.03. The van der Waals surface area contributed by atoms with Gasteiger partial charge in [-0.3, -0.25) is 4.79 Å². The molecule has 0 aliphatic rings. The number of hydrogen-bond acceptors (Lipinski definition) is 3. The maximum absolute atomic E-state index is 11.7. The fourth-order valence-corrected chi connectivity index (χ4v) is 2.27. The first kappa shape index (κ1) is 18.4. The quantitative estimate of drug-likeness (QED) is 0.670. The van der Waals surface area contributed by atoms with E-state index < -0.39 is 0 Å². The first-order chi connectivity index (χ1) is 11.6. The second-order valence-corrected chi connectivity index (χ2v) is 5.88. The van der Waals surface area contributed by atoms with E-state index in [-0.39, 0.29) is 5.91 Å². The molecule has 1 N–H and O–H groups in total. The summed E-state index contributed by atoms with van der Waals surface area (Å²) in [7, 11) is 0. The van der Waals surface area contributed by atoms with Gasteiger partial charge in [0.15, 0.2) is 0 Å². The molecule has 0 bridgehead atoms. The highest BCUT2D eigenvalue weighted by molar-refractivity contribution is 6.32. The Morgan fingerprint density at radius 2 is 1.71 bits per heavy atom. The molecule has 0 aliphatic heterocycles. The van der Waals surface area contributed by atoms with Crippen LogP contribution in [0.25, 0.3) is 0 Å². The number of carbonyl (C=O) groups is 1. The molecule has 0 spiro atoms. The lowest BCUT2D eigenvalue weighted by Gasteiger charge is -2.09. The third-order valence-electron chi connectivity index (χ3n) is 3.15. The molecule has 0 radical (unpaired) electrons. The molecule has 1 amide bonds. The van der Waals surface area contributed by atoms with E-state index in [1.165, 1.54) is 0 Å². The average molecular weight is 368 g/mol. The molecule has 0 atom stereocenters. The van der Waals surface area contributed by atoms with Crippen LogP contribution >= 0.6 is 23.2 Å². The Bertz CT molecular complexity index is 647. The smallest absolute Gasteiger partial charge is 0.220 e.